The number of thiazole rings is 1. The van der Waals surface area contributed by atoms with Crippen LogP contribution in [0.2, 0.25) is 0 Å². The number of nitrogens with zero attached hydrogens (tertiary/aromatic N) is 2. The van der Waals surface area contributed by atoms with Gasteiger partial charge in [0.05, 0.1) is 26.4 Å². The first-order chi connectivity index (χ1) is 19.2. The molecule has 1 fully saturated rings. The molecule has 10 heteroatoms. The number of carbonyl (C=O) groups excluding carboxylic acids is 1. The summed E-state index contributed by atoms with van der Waals surface area (Å²) < 4.78 is 17.4. The number of ether oxygens (including phenoxy) is 3. The van der Waals surface area contributed by atoms with Gasteiger partial charge in [0, 0.05) is 40.3 Å². The Morgan fingerprint density at radius 1 is 1.12 bits per heavy atom. The number of hydrogen-bond acceptors (Lipinski definition) is 9. The van der Waals surface area contributed by atoms with Gasteiger partial charge in [0.25, 0.3) is 5.91 Å². The van der Waals surface area contributed by atoms with E-state index < -0.39 is 5.54 Å². The van der Waals surface area contributed by atoms with Crippen molar-refractivity contribution in [3.8, 4) is 11.5 Å². The van der Waals surface area contributed by atoms with Gasteiger partial charge in [-0.15, -0.1) is 11.3 Å². The molecule has 0 aliphatic carbocycles. The van der Waals surface area contributed by atoms with Crippen molar-refractivity contribution in [2.24, 2.45) is 10.4 Å². The quantitative estimate of drug-likeness (QED) is 0.333. The molecule has 3 heterocycles. The number of benzene rings is 2. The highest BCUT2D eigenvalue weighted by molar-refractivity contribution is 8.14. The molecule has 1 aromatic heterocycles. The Balaban J connectivity index is 1.44. The highest BCUT2D eigenvalue weighted by Gasteiger charge is 2.60. The molecule has 3 aromatic rings. The first-order valence-corrected chi connectivity index (χ1v) is 15.2. The summed E-state index contributed by atoms with van der Waals surface area (Å²) in [6.45, 7) is 7.58. The standard InChI is InChI=1S/C30H36N4O4S2/c1-6-29(3)17-28(2)19-40-27(33-25(35)20-10-8-7-9-11-20)34-30(28,18-38-29)26-32-24(16-39-26)31-15-21-12-13-22(36-4)14-23(21)37-5/h7-14,16,31H,6,15,17-19H2,1-5H3,(H,33,34,35)/t28-,29-,30+/m0/s1. The summed E-state index contributed by atoms with van der Waals surface area (Å²) in [6.07, 6.45) is 1.76. The monoisotopic (exact) mass is 580 g/mol. The Bertz CT molecular complexity index is 1400. The van der Waals surface area contributed by atoms with Gasteiger partial charge in [0.2, 0.25) is 0 Å². The van der Waals surface area contributed by atoms with Gasteiger partial charge >= 0.3 is 0 Å². The molecule has 40 heavy (non-hydrogen) atoms. The molecule has 2 N–H and O–H groups in total. The molecule has 3 atom stereocenters. The normalized spacial score (nSPS) is 25.9. The fraction of sp³-hybridized carbons (Fsp3) is 0.433. The maximum absolute atomic E-state index is 13.0. The topological polar surface area (TPSA) is 94.1 Å². The summed E-state index contributed by atoms with van der Waals surface area (Å²) in [5, 5.41) is 9.99. The number of rotatable bonds is 8. The molecule has 0 spiro atoms. The molecule has 2 aromatic carbocycles. The predicted molar refractivity (Wildman–Crippen MR) is 162 cm³/mol. The second-order valence-corrected chi connectivity index (χ2v) is 12.6. The van der Waals surface area contributed by atoms with Crippen molar-refractivity contribution in [1.29, 1.82) is 0 Å². The summed E-state index contributed by atoms with van der Waals surface area (Å²) in [7, 11) is 3.29. The molecular weight excluding hydrogens is 544 g/mol. The van der Waals surface area contributed by atoms with E-state index in [9.17, 15) is 4.79 Å². The highest BCUT2D eigenvalue weighted by Crippen LogP contribution is 2.57. The molecule has 0 bridgehead atoms. The van der Waals surface area contributed by atoms with Crippen molar-refractivity contribution in [1.82, 2.24) is 10.3 Å². The van der Waals surface area contributed by atoms with Crippen molar-refractivity contribution in [2.45, 2.75) is 51.3 Å². The van der Waals surface area contributed by atoms with Crippen molar-refractivity contribution in [3.05, 3.63) is 70.0 Å². The van der Waals surface area contributed by atoms with Gasteiger partial charge in [-0.25, -0.2) is 9.98 Å². The Hall–Kier alpha value is -3.08. The number of hydrogen-bond donors (Lipinski definition) is 2. The fourth-order valence-corrected chi connectivity index (χ4v) is 7.63. The van der Waals surface area contributed by atoms with E-state index in [4.69, 9.17) is 24.2 Å². The van der Waals surface area contributed by atoms with Crippen LogP contribution in [-0.4, -0.2) is 48.2 Å². The third-order valence-corrected chi connectivity index (χ3v) is 10.3. The van der Waals surface area contributed by atoms with Gasteiger partial charge in [-0.05, 0) is 44.0 Å². The van der Waals surface area contributed by atoms with E-state index >= 15 is 0 Å². The zero-order chi connectivity index (χ0) is 28.4. The number of amides is 1. The lowest BCUT2D eigenvalue weighted by Gasteiger charge is -2.55. The zero-order valence-corrected chi connectivity index (χ0v) is 25.2. The summed E-state index contributed by atoms with van der Waals surface area (Å²) in [6, 6.07) is 15.0. The van der Waals surface area contributed by atoms with E-state index in [1.165, 1.54) is 0 Å². The molecular formula is C30H36N4O4S2. The summed E-state index contributed by atoms with van der Waals surface area (Å²) in [5.74, 6) is 2.89. The molecule has 212 valence electrons. The van der Waals surface area contributed by atoms with Gasteiger partial charge in [-0.2, -0.15) is 0 Å². The van der Waals surface area contributed by atoms with E-state index in [1.54, 1.807) is 49.5 Å². The van der Waals surface area contributed by atoms with Crippen molar-refractivity contribution in [2.75, 3.05) is 31.9 Å². The molecule has 1 amide bonds. The number of aliphatic imine (C=N–C) groups is 1. The third kappa shape index (κ3) is 5.44. The van der Waals surface area contributed by atoms with Crippen LogP contribution in [-0.2, 0) is 16.8 Å². The summed E-state index contributed by atoms with van der Waals surface area (Å²) in [4.78, 5) is 23.2. The maximum Gasteiger partial charge on any atom is 0.257 e. The van der Waals surface area contributed by atoms with Gasteiger partial charge in [0.15, 0.2) is 5.17 Å². The van der Waals surface area contributed by atoms with E-state index in [1.807, 2.05) is 41.8 Å². The van der Waals surface area contributed by atoms with Crippen LogP contribution in [0, 0.1) is 5.41 Å². The highest BCUT2D eigenvalue weighted by atomic mass is 32.2. The van der Waals surface area contributed by atoms with E-state index in [0.29, 0.717) is 23.9 Å². The molecule has 8 nitrogen and oxygen atoms in total. The number of thioether (sulfide) groups is 1. The number of amidine groups is 1. The van der Waals surface area contributed by atoms with Crippen LogP contribution in [0.4, 0.5) is 5.82 Å². The minimum atomic E-state index is -0.714. The average Bonchev–Trinajstić information content (AvgIpc) is 3.46. The van der Waals surface area contributed by atoms with Crippen LogP contribution in [0.5, 0.6) is 11.5 Å². The third-order valence-electron chi connectivity index (χ3n) is 8.03. The molecule has 2 aliphatic heterocycles. The molecule has 0 radical (unpaired) electrons. The van der Waals surface area contributed by atoms with Gasteiger partial charge in [0.1, 0.15) is 27.9 Å². The van der Waals surface area contributed by atoms with Crippen LogP contribution >= 0.6 is 23.1 Å². The number of carbonyl (C=O) groups is 1. The number of aromatic nitrogens is 1. The van der Waals surface area contributed by atoms with Crippen LogP contribution in [0.15, 0.2) is 58.9 Å². The van der Waals surface area contributed by atoms with Gasteiger partial charge in [-0.3, -0.25) is 4.79 Å². The van der Waals surface area contributed by atoms with Crippen LogP contribution in [0.25, 0.3) is 0 Å². The van der Waals surface area contributed by atoms with Crippen molar-refractivity contribution >= 4 is 40.0 Å². The zero-order valence-electron chi connectivity index (χ0n) is 23.6. The summed E-state index contributed by atoms with van der Waals surface area (Å²) >= 11 is 3.17. The molecule has 0 saturated carbocycles. The lowest BCUT2D eigenvalue weighted by Crippen LogP contribution is -2.60. The van der Waals surface area contributed by atoms with Crippen LogP contribution < -0.4 is 20.1 Å². The van der Waals surface area contributed by atoms with E-state index in [0.717, 1.165) is 46.5 Å². The maximum atomic E-state index is 13.0. The minimum Gasteiger partial charge on any atom is -0.497 e. The molecule has 5 rings (SSSR count). The second kappa shape index (κ2) is 11.4. The molecule has 2 aliphatic rings. The molecule has 0 unspecified atom stereocenters. The van der Waals surface area contributed by atoms with Crippen LogP contribution in [0.3, 0.4) is 0 Å². The Kier molecular flexibility index (Phi) is 8.13. The lowest BCUT2D eigenvalue weighted by molar-refractivity contribution is -0.152. The van der Waals surface area contributed by atoms with Crippen LogP contribution in [0.1, 0.15) is 54.5 Å². The smallest absolute Gasteiger partial charge is 0.257 e. The van der Waals surface area contributed by atoms with Gasteiger partial charge < -0.3 is 24.8 Å². The summed E-state index contributed by atoms with van der Waals surface area (Å²) in [5.41, 5.74) is 0.437. The number of nitrogens with one attached hydrogen (secondary N) is 2. The first kappa shape index (κ1) is 28.4. The first-order valence-electron chi connectivity index (χ1n) is 13.4. The Morgan fingerprint density at radius 2 is 1.93 bits per heavy atom. The van der Waals surface area contributed by atoms with Crippen molar-refractivity contribution in [3.63, 3.8) is 0 Å². The van der Waals surface area contributed by atoms with Crippen molar-refractivity contribution < 1.29 is 19.0 Å². The Labute approximate surface area is 243 Å². The lowest BCUT2D eigenvalue weighted by atomic mass is 9.64. The van der Waals surface area contributed by atoms with E-state index in [-0.39, 0.29) is 16.9 Å². The average molecular weight is 581 g/mol. The SMILES string of the molecule is CC[C@@]1(C)C[C@@]2(C)CSC(NC(=O)c3ccccc3)=N[C@@]2(c2nc(NCc3ccc(OC)cc3OC)cs2)CO1. The molecule has 1 saturated heterocycles. The Morgan fingerprint density at radius 3 is 2.65 bits per heavy atom. The number of anilines is 1. The second-order valence-electron chi connectivity index (χ2n) is 10.8. The van der Waals surface area contributed by atoms with Gasteiger partial charge in [-0.1, -0.05) is 43.8 Å². The largest absolute Gasteiger partial charge is 0.497 e. The number of fused-ring (bicyclic) bond motifs is 1. The van der Waals surface area contributed by atoms with E-state index in [2.05, 4.69) is 31.4 Å². The minimum absolute atomic E-state index is 0.171. The number of methoxy groups -OCH3 is 2. The fourth-order valence-electron chi connectivity index (χ4n) is 5.39. The predicted octanol–water partition coefficient (Wildman–Crippen LogP) is 6.10.